The molecule has 0 unspecified atom stereocenters. The summed E-state index contributed by atoms with van der Waals surface area (Å²) in [6.45, 7) is 0. The summed E-state index contributed by atoms with van der Waals surface area (Å²) in [6.07, 6.45) is 1.69. The van der Waals surface area contributed by atoms with Crippen molar-refractivity contribution in [2.75, 3.05) is 17.3 Å². The minimum absolute atomic E-state index is 0.0234. The van der Waals surface area contributed by atoms with E-state index < -0.39 is 9.05 Å². The predicted octanol–water partition coefficient (Wildman–Crippen LogP) is 1.23. The zero-order valence-corrected chi connectivity index (χ0v) is 7.60. The van der Waals surface area contributed by atoms with Crippen LogP contribution in [0.1, 0.15) is 0 Å². The Morgan fingerprint density at radius 1 is 1.60 bits per heavy atom. The van der Waals surface area contributed by atoms with E-state index in [-0.39, 0.29) is 5.75 Å². The van der Waals surface area contributed by atoms with Crippen molar-refractivity contribution in [1.82, 2.24) is 0 Å². The van der Waals surface area contributed by atoms with Crippen molar-refractivity contribution in [3.63, 3.8) is 0 Å². The molecule has 0 saturated carbocycles. The summed E-state index contributed by atoms with van der Waals surface area (Å²) in [7, 11) is 1.67. The Labute approximate surface area is 69.1 Å². The average Bonchev–Trinajstić information content (AvgIpc) is 1.56. The highest BCUT2D eigenvalue weighted by atomic mass is 35.7. The van der Waals surface area contributed by atoms with Crippen molar-refractivity contribution in [2.24, 2.45) is 0 Å². The molecule has 0 N–H and O–H groups in total. The van der Waals surface area contributed by atoms with Crippen LogP contribution < -0.4 is 0 Å². The van der Waals surface area contributed by atoms with E-state index in [0.717, 1.165) is 11.5 Å². The quantitative estimate of drug-likeness (QED) is 0.495. The minimum atomic E-state index is -3.31. The molecule has 2 nitrogen and oxygen atoms in total. The number of hydrogen-bond acceptors (Lipinski definition) is 3. The molecule has 0 amide bonds. The SMILES string of the molecule is O=S(=O)(Cl)CC=C1CSC1. The molecule has 1 heterocycles. The van der Waals surface area contributed by atoms with Gasteiger partial charge in [-0.2, -0.15) is 11.8 Å². The molecule has 0 bridgehead atoms. The molecule has 10 heavy (non-hydrogen) atoms. The van der Waals surface area contributed by atoms with Crippen LogP contribution in [0.25, 0.3) is 0 Å². The largest absolute Gasteiger partial charge is 0.236 e. The smallest absolute Gasteiger partial charge is 0.212 e. The third kappa shape index (κ3) is 2.94. The molecule has 1 rings (SSSR count). The van der Waals surface area contributed by atoms with Crippen LogP contribution in [0.15, 0.2) is 11.6 Å². The Balaban J connectivity index is 2.41. The van der Waals surface area contributed by atoms with Crippen LogP contribution in [0, 0.1) is 0 Å². The van der Waals surface area contributed by atoms with Gasteiger partial charge in [-0.15, -0.1) is 0 Å². The molecule has 1 aliphatic rings. The monoisotopic (exact) mass is 198 g/mol. The summed E-state index contributed by atoms with van der Waals surface area (Å²) in [5, 5.41) is 0. The molecule has 0 aliphatic carbocycles. The van der Waals surface area contributed by atoms with Crippen molar-refractivity contribution in [2.45, 2.75) is 0 Å². The van der Waals surface area contributed by atoms with Gasteiger partial charge >= 0.3 is 0 Å². The van der Waals surface area contributed by atoms with E-state index in [2.05, 4.69) is 0 Å². The fraction of sp³-hybridized carbons (Fsp3) is 0.600. The molecule has 5 heteroatoms. The van der Waals surface area contributed by atoms with Crippen LogP contribution in [-0.4, -0.2) is 25.7 Å². The summed E-state index contributed by atoms with van der Waals surface area (Å²) in [5.41, 5.74) is 1.19. The summed E-state index contributed by atoms with van der Waals surface area (Å²) >= 11 is 1.79. The van der Waals surface area contributed by atoms with Gasteiger partial charge in [-0.3, -0.25) is 0 Å². The van der Waals surface area contributed by atoms with E-state index in [4.69, 9.17) is 10.7 Å². The third-order valence-electron chi connectivity index (χ3n) is 1.15. The van der Waals surface area contributed by atoms with E-state index >= 15 is 0 Å². The predicted molar refractivity (Wildman–Crippen MR) is 45.0 cm³/mol. The molecule has 0 spiro atoms. The second-order valence-electron chi connectivity index (χ2n) is 2.06. The summed E-state index contributed by atoms with van der Waals surface area (Å²) in [5.74, 6) is 1.91. The van der Waals surface area contributed by atoms with Gasteiger partial charge in [0.15, 0.2) is 0 Å². The Hall–Kier alpha value is 0.330. The Morgan fingerprint density at radius 3 is 2.50 bits per heavy atom. The van der Waals surface area contributed by atoms with Gasteiger partial charge in [0.1, 0.15) is 0 Å². The Bertz CT molecular complexity index is 236. The normalized spacial score (nSPS) is 18.3. The number of thioether (sulfide) groups is 1. The molecule has 0 radical (unpaired) electrons. The fourth-order valence-corrected chi connectivity index (χ4v) is 1.85. The first-order chi connectivity index (χ1) is 4.58. The maximum absolute atomic E-state index is 10.4. The van der Waals surface area contributed by atoms with Gasteiger partial charge in [0.25, 0.3) is 0 Å². The highest BCUT2D eigenvalue weighted by Crippen LogP contribution is 2.23. The lowest BCUT2D eigenvalue weighted by Gasteiger charge is -2.14. The average molecular weight is 199 g/mol. The number of halogens is 1. The topological polar surface area (TPSA) is 34.1 Å². The maximum atomic E-state index is 10.4. The van der Waals surface area contributed by atoms with E-state index in [9.17, 15) is 8.42 Å². The van der Waals surface area contributed by atoms with Crippen LogP contribution in [0.2, 0.25) is 0 Å². The second-order valence-corrected chi connectivity index (χ2v) is 5.87. The first kappa shape index (κ1) is 8.43. The fourth-order valence-electron chi connectivity index (χ4n) is 0.555. The Morgan fingerprint density at radius 2 is 2.20 bits per heavy atom. The number of rotatable bonds is 2. The first-order valence-electron chi connectivity index (χ1n) is 2.76. The lowest BCUT2D eigenvalue weighted by molar-refractivity contribution is 0.612. The molecule has 0 aromatic rings. The zero-order chi connectivity index (χ0) is 7.61. The summed E-state index contributed by atoms with van der Waals surface area (Å²) in [4.78, 5) is 0. The van der Waals surface area contributed by atoms with Crippen LogP contribution in [0.4, 0.5) is 0 Å². The standard InChI is InChI=1S/C5H7ClO2S2/c6-10(7,8)2-1-5-3-9-4-5/h1H,2-4H2. The minimum Gasteiger partial charge on any atom is -0.212 e. The molecular formula is C5H7ClO2S2. The van der Waals surface area contributed by atoms with Crippen molar-refractivity contribution in [1.29, 1.82) is 0 Å². The van der Waals surface area contributed by atoms with E-state index in [1.54, 1.807) is 17.8 Å². The van der Waals surface area contributed by atoms with E-state index in [0.29, 0.717) is 0 Å². The third-order valence-corrected chi connectivity index (χ3v) is 3.24. The molecule has 1 saturated heterocycles. The van der Waals surface area contributed by atoms with Crippen molar-refractivity contribution < 1.29 is 8.42 Å². The van der Waals surface area contributed by atoms with Gasteiger partial charge in [0.2, 0.25) is 9.05 Å². The van der Waals surface area contributed by atoms with Crippen LogP contribution in [0.5, 0.6) is 0 Å². The molecule has 1 aliphatic heterocycles. The first-order valence-corrected chi connectivity index (χ1v) is 6.39. The van der Waals surface area contributed by atoms with E-state index in [1.165, 1.54) is 5.57 Å². The summed E-state index contributed by atoms with van der Waals surface area (Å²) < 4.78 is 20.8. The maximum Gasteiger partial charge on any atom is 0.236 e. The Kier molecular flexibility index (Phi) is 2.66. The van der Waals surface area contributed by atoms with Crippen LogP contribution in [0.3, 0.4) is 0 Å². The van der Waals surface area contributed by atoms with Crippen LogP contribution >= 0.6 is 22.4 Å². The van der Waals surface area contributed by atoms with Gasteiger partial charge in [0, 0.05) is 22.2 Å². The van der Waals surface area contributed by atoms with Gasteiger partial charge in [0.05, 0.1) is 5.75 Å². The molecular weight excluding hydrogens is 192 g/mol. The van der Waals surface area contributed by atoms with Crippen molar-refractivity contribution in [3.05, 3.63) is 11.6 Å². The van der Waals surface area contributed by atoms with Gasteiger partial charge in [-0.25, -0.2) is 8.42 Å². The lowest BCUT2D eigenvalue weighted by Crippen LogP contribution is -2.06. The van der Waals surface area contributed by atoms with Crippen molar-refractivity contribution in [3.8, 4) is 0 Å². The van der Waals surface area contributed by atoms with Gasteiger partial charge < -0.3 is 0 Å². The summed E-state index contributed by atoms with van der Waals surface area (Å²) in [6, 6.07) is 0. The molecule has 0 atom stereocenters. The lowest BCUT2D eigenvalue weighted by atomic mass is 10.3. The highest BCUT2D eigenvalue weighted by molar-refractivity contribution is 8.13. The van der Waals surface area contributed by atoms with Gasteiger partial charge in [-0.05, 0) is 0 Å². The molecule has 1 fully saturated rings. The van der Waals surface area contributed by atoms with E-state index in [1.807, 2.05) is 0 Å². The second kappa shape index (κ2) is 3.15. The molecule has 0 aromatic carbocycles. The molecule has 58 valence electrons. The molecule has 0 aromatic heterocycles. The van der Waals surface area contributed by atoms with Gasteiger partial charge in [-0.1, -0.05) is 11.6 Å². The number of hydrogen-bond donors (Lipinski definition) is 0. The zero-order valence-electron chi connectivity index (χ0n) is 5.21. The van der Waals surface area contributed by atoms with Crippen LogP contribution in [-0.2, 0) is 9.05 Å². The van der Waals surface area contributed by atoms with Crippen molar-refractivity contribution >= 4 is 31.5 Å². The highest BCUT2D eigenvalue weighted by Gasteiger charge is 2.10.